The molecule has 25 heteroatoms. The lowest BCUT2D eigenvalue weighted by atomic mass is 9.84. The number of esters is 3. The zero-order chi connectivity index (χ0) is 72.5. The number of rotatable bonds is 60. The number of ether oxygens (including phenoxy) is 7. The van der Waals surface area contributed by atoms with E-state index in [0.29, 0.717) is 25.7 Å². The SMILES string of the molecule is CCCCCCCC/C=C\CCCCCC(=O)OC(COC(=O)CCCCCCCCCCCCCCCCCCC)COP(=O)(O)OC1C(OC2OC(CO)C(O)C(O)C2O)C(O)C(O)C(O)C1OC1OC(COC(=O)CCCCC/C=C\CCCCCCCCC)C(O)C(O)C1O. The highest BCUT2D eigenvalue weighted by Crippen LogP contribution is 2.49. The molecule has 24 nitrogen and oxygen atoms in total. The van der Waals surface area contributed by atoms with Gasteiger partial charge in [0.2, 0.25) is 0 Å². The van der Waals surface area contributed by atoms with E-state index < -0.39 is 156 Å². The van der Waals surface area contributed by atoms with Crippen molar-refractivity contribution in [2.24, 2.45) is 0 Å². The van der Waals surface area contributed by atoms with Gasteiger partial charge in [0.25, 0.3) is 0 Å². The first-order valence-corrected chi connectivity index (χ1v) is 40.1. The Bertz CT molecular complexity index is 2140. The number of allylic oxidation sites excluding steroid dienone is 4. The van der Waals surface area contributed by atoms with Crippen molar-refractivity contribution in [1.82, 2.24) is 0 Å². The predicted octanol–water partition coefficient (Wildman–Crippen LogP) is 10.9. The van der Waals surface area contributed by atoms with E-state index in [1.54, 1.807) is 0 Å². The summed E-state index contributed by atoms with van der Waals surface area (Å²) in [6.07, 6.45) is 16.7. The quantitative estimate of drug-likeness (QED) is 0.00886. The van der Waals surface area contributed by atoms with Crippen molar-refractivity contribution < 1.29 is 117 Å². The van der Waals surface area contributed by atoms with Crippen LogP contribution in [0.15, 0.2) is 24.3 Å². The largest absolute Gasteiger partial charge is 0.472 e. The van der Waals surface area contributed by atoms with Crippen molar-refractivity contribution in [2.75, 3.05) is 26.4 Å². The van der Waals surface area contributed by atoms with E-state index in [2.05, 4.69) is 45.1 Å². The fraction of sp³-hybridized carbons (Fsp3) is 0.905. The maximum absolute atomic E-state index is 14.3. The summed E-state index contributed by atoms with van der Waals surface area (Å²) in [5.41, 5.74) is 0. The Morgan fingerprint density at radius 1 is 0.384 bits per heavy atom. The van der Waals surface area contributed by atoms with Crippen LogP contribution in [-0.4, -0.2) is 204 Å². The summed E-state index contributed by atoms with van der Waals surface area (Å²) in [5, 5.41) is 110. The van der Waals surface area contributed by atoms with Crippen LogP contribution in [0.25, 0.3) is 0 Å². The van der Waals surface area contributed by atoms with Gasteiger partial charge in [0.05, 0.1) is 13.2 Å². The molecule has 2 heterocycles. The number of aliphatic hydroxyl groups excluding tert-OH is 10. The van der Waals surface area contributed by atoms with Gasteiger partial charge >= 0.3 is 25.7 Å². The van der Waals surface area contributed by atoms with E-state index in [1.165, 1.54) is 148 Å². The van der Waals surface area contributed by atoms with Crippen LogP contribution >= 0.6 is 7.82 Å². The van der Waals surface area contributed by atoms with Crippen molar-refractivity contribution in [3.8, 4) is 0 Å². The second kappa shape index (κ2) is 55.9. The van der Waals surface area contributed by atoms with E-state index in [4.69, 9.17) is 42.2 Å². The van der Waals surface area contributed by atoms with Crippen LogP contribution in [0, 0.1) is 0 Å². The number of phosphoric acid groups is 1. The van der Waals surface area contributed by atoms with E-state index in [1.807, 2.05) is 0 Å². The average Bonchev–Trinajstić information content (AvgIpc) is 0.763. The minimum atomic E-state index is -5.70. The van der Waals surface area contributed by atoms with Crippen LogP contribution < -0.4 is 0 Å². The van der Waals surface area contributed by atoms with Crippen molar-refractivity contribution in [3.63, 3.8) is 0 Å². The van der Waals surface area contributed by atoms with Crippen molar-refractivity contribution in [3.05, 3.63) is 24.3 Å². The van der Waals surface area contributed by atoms with Crippen LogP contribution in [0.1, 0.15) is 297 Å². The Morgan fingerprint density at radius 3 is 1.10 bits per heavy atom. The molecule has 0 aromatic carbocycles. The Hall–Kier alpha value is -2.56. The van der Waals surface area contributed by atoms with Gasteiger partial charge in [0.1, 0.15) is 98.7 Å². The van der Waals surface area contributed by atoms with Gasteiger partial charge in [-0.3, -0.25) is 23.4 Å². The lowest BCUT2D eigenvalue weighted by Crippen LogP contribution is -2.69. The summed E-state index contributed by atoms with van der Waals surface area (Å²) in [4.78, 5) is 51.0. The molecule has 0 bridgehead atoms. The standard InChI is InChI=1S/C74H135O24P/c1-4-7-10-13-16-19-22-25-27-28-29-32-34-36-39-42-45-48-58(76)90-52-55(93-60(78)50-47-44-41-38-35-30-24-21-18-15-12-9-6-3)53-92-99(88,89)98-72-70(96-73-68(86)63(81)61(79)56(51-75)94-73)66(84)65(83)67(85)71(72)97-74-69(87)64(82)62(80)57(95-74)54-91-59(77)49-46-43-40-37-33-31-26-23-20-17-14-11-8-5-2/h30-31,33,35,55-57,61-75,79-87H,4-29,32,34,36-54H2,1-3H3,(H,88,89)/b33-31-,35-30-. The maximum Gasteiger partial charge on any atom is 0.472 e. The van der Waals surface area contributed by atoms with Gasteiger partial charge in [0, 0.05) is 19.3 Å². The molecule has 3 fully saturated rings. The maximum atomic E-state index is 14.3. The van der Waals surface area contributed by atoms with Crippen molar-refractivity contribution >= 4 is 25.7 Å². The molecular weight excluding hydrogens is 1300 g/mol. The van der Waals surface area contributed by atoms with Gasteiger partial charge in [0.15, 0.2) is 18.7 Å². The Kier molecular flexibility index (Phi) is 51.2. The number of carbonyl (C=O) groups is 3. The molecule has 2 aliphatic heterocycles. The highest BCUT2D eigenvalue weighted by molar-refractivity contribution is 7.47. The molecule has 0 aromatic rings. The minimum absolute atomic E-state index is 0.00787. The molecule has 18 atom stereocenters. The van der Waals surface area contributed by atoms with E-state index in [9.17, 15) is 74.9 Å². The number of carbonyl (C=O) groups excluding carboxylic acids is 3. The van der Waals surface area contributed by atoms with Crippen molar-refractivity contribution in [1.29, 1.82) is 0 Å². The molecule has 0 aromatic heterocycles. The molecule has 0 amide bonds. The molecule has 2 saturated heterocycles. The Morgan fingerprint density at radius 2 is 0.707 bits per heavy atom. The molecule has 0 radical (unpaired) electrons. The van der Waals surface area contributed by atoms with E-state index in [-0.39, 0.29) is 19.3 Å². The van der Waals surface area contributed by atoms with E-state index >= 15 is 0 Å². The first-order valence-electron chi connectivity index (χ1n) is 38.6. The van der Waals surface area contributed by atoms with Gasteiger partial charge in [-0.15, -0.1) is 0 Å². The molecule has 3 aliphatic rings. The van der Waals surface area contributed by atoms with Gasteiger partial charge in [-0.1, -0.05) is 231 Å². The molecule has 580 valence electrons. The predicted molar refractivity (Wildman–Crippen MR) is 374 cm³/mol. The normalized spacial score (nSPS) is 27.6. The number of hydrogen-bond acceptors (Lipinski definition) is 23. The van der Waals surface area contributed by atoms with Crippen LogP contribution in [0.3, 0.4) is 0 Å². The van der Waals surface area contributed by atoms with Crippen LogP contribution in [0.2, 0.25) is 0 Å². The number of phosphoric ester groups is 1. The van der Waals surface area contributed by atoms with Crippen LogP contribution in [-0.2, 0) is 61.2 Å². The lowest BCUT2D eigenvalue weighted by Gasteiger charge is -2.49. The second-order valence-electron chi connectivity index (χ2n) is 27.7. The first-order chi connectivity index (χ1) is 47.8. The fourth-order valence-electron chi connectivity index (χ4n) is 12.6. The third kappa shape index (κ3) is 38.9. The Balaban J connectivity index is 1.72. The number of unbranched alkanes of at least 4 members (excludes halogenated alkanes) is 35. The van der Waals surface area contributed by atoms with Gasteiger partial charge in [-0.05, 0) is 70.6 Å². The van der Waals surface area contributed by atoms with Crippen LogP contribution in [0.5, 0.6) is 0 Å². The number of hydrogen-bond donors (Lipinski definition) is 11. The molecule has 3 rings (SSSR count). The molecule has 1 saturated carbocycles. The van der Waals surface area contributed by atoms with Crippen molar-refractivity contribution in [2.45, 2.75) is 401 Å². The summed E-state index contributed by atoms with van der Waals surface area (Å²) in [7, 11) is -5.70. The average molecular weight is 1440 g/mol. The first kappa shape index (κ1) is 90.7. The zero-order valence-electron chi connectivity index (χ0n) is 60.5. The third-order valence-corrected chi connectivity index (χ3v) is 19.9. The van der Waals surface area contributed by atoms with E-state index in [0.717, 1.165) is 83.5 Å². The summed E-state index contributed by atoms with van der Waals surface area (Å²) < 4.78 is 65.0. The molecule has 99 heavy (non-hydrogen) atoms. The van der Waals surface area contributed by atoms with Gasteiger partial charge in [-0.2, -0.15) is 0 Å². The third-order valence-electron chi connectivity index (χ3n) is 19.0. The minimum Gasteiger partial charge on any atom is -0.463 e. The fourth-order valence-corrected chi connectivity index (χ4v) is 13.6. The lowest BCUT2D eigenvalue weighted by molar-refractivity contribution is -0.360. The molecule has 11 N–H and O–H groups in total. The van der Waals surface area contributed by atoms with Gasteiger partial charge < -0.3 is 89.1 Å². The molecule has 1 aliphatic carbocycles. The zero-order valence-corrected chi connectivity index (χ0v) is 61.4. The summed E-state index contributed by atoms with van der Waals surface area (Å²) >= 11 is 0. The highest BCUT2D eigenvalue weighted by Gasteiger charge is 2.58. The number of aliphatic hydroxyl groups is 10. The topological polar surface area (TPSA) is 374 Å². The Labute approximate surface area is 592 Å². The van der Waals surface area contributed by atoms with Gasteiger partial charge in [-0.25, -0.2) is 4.57 Å². The van der Waals surface area contributed by atoms with Crippen LogP contribution in [0.4, 0.5) is 0 Å². The smallest absolute Gasteiger partial charge is 0.463 e. The summed E-state index contributed by atoms with van der Waals surface area (Å²) in [6.45, 7) is 3.42. The monoisotopic (exact) mass is 1440 g/mol. The molecule has 0 spiro atoms. The second-order valence-corrected chi connectivity index (χ2v) is 29.1. The molecular formula is C74H135O24P. The summed E-state index contributed by atoms with van der Waals surface area (Å²) in [6, 6.07) is 0. The highest BCUT2D eigenvalue weighted by atomic mass is 31.2. The summed E-state index contributed by atoms with van der Waals surface area (Å²) in [5.74, 6) is -2.02. The molecule has 18 unspecified atom stereocenters.